The summed E-state index contributed by atoms with van der Waals surface area (Å²) in [5, 5.41) is 3.85. The number of hydrogen-bond donors (Lipinski definition) is 3. The smallest absolute Gasteiger partial charge is 0.171 e. The van der Waals surface area contributed by atoms with Crippen LogP contribution >= 0.6 is 22.9 Å². The second-order valence-corrected chi connectivity index (χ2v) is 7.37. The van der Waals surface area contributed by atoms with Crippen molar-refractivity contribution < 1.29 is 0 Å². The van der Waals surface area contributed by atoms with Gasteiger partial charge in [-0.2, -0.15) is 0 Å². The second-order valence-electron chi connectivity index (χ2n) is 5.80. The maximum absolute atomic E-state index is 6.25. The molecule has 0 spiro atoms. The van der Waals surface area contributed by atoms with Gasteiger partial charge in [0.2, 0.25) is 0 Å². The maximum atomic E-state index is 6.25. The van der Waals surface area contributed by atoms with Crippen LogP contribution in [-0.2, 0) is 6.42 Å². The molecule has 23 heavy (non-hydrogen) atoms. The number of halogens is 1. The number of rotatable bonds is 5. The van der Waals surface area contributed by atoms with Crippen LogP contribution in [0.25, 0.3) is 10.7 Å². The lowest BCUT2D eigenvalue weighted by Crippen LogP contribution is -2.37. The van der Waals surface area contributed by atoms with Crippen molar-refractivity contribution in [3.8, 4) is 10.7 Å². The summed E-state index contributed by atoms with van der Waals surface area (Å²) in [6.45, 7) is 2.15. The Bertz CT molecular complexity index is 753. The first-order chi connectivity index (χ1) is 11.2. The number of thiophene rings is 1. The van der Waals surface area contributed by atoms with E-state index in [9.17, 15) is 0 Å². The topological polar surface area (TPSA) is 61.9 Å². The first-order valence-electron chi connectivity index (χ1n) is 7.84. The van der Waals surface area contributed by atoms with Gasteiger partial charge in [0.25, 0.3) is 0 Å². The molecule has 2 aliphatic rings. The van der Waals surface area contributed by atoms with E-state index in [-0.39, 0.29) is 6.17 Å². The Morgan fingerprint density at radius 1 is 1.39 bits per heavy atom. The predicted octanol–water partition coefficient (Wildman–Crippen LogP) is 3.56. The van der Waals surface area contributed by atoms with Gasteiger partial charge in [-0.3, -0.25) is 0 Å². The van der Waals surface area contributed by atoms with E-state index in [1.54, 1.807) is 17.5 Å². The summed E-state index contributed by atoms with van der Waals surface area (Å²) in [6, 6.07) is 4.19. The zero-order valence-corrected chi connectivity index (χ0v) is 14.3. The summed E-state index contributed by atoms with van der Waals surface area (Å²) in [6.07, 6.45) is 7.37. The molecule has 120 valence electrons. The Kier molecular flexibility index (Phi) is 3.97. The molecule has 3 N–H and O–H groups in total. The van der Waals surface area contributed by atoms with Crippen molar-refractivity contribution in [3.05, 3.63) is 40.0 Å². The van der Waals surface area contributed by atoms with E-state index in [1.807, 2.05) is 0 Å². The maximum Gasteiger partial charge on any atom is 0.171 e. The molecule has 1 unspecified atom stereocenters. The van der Waals surface area contributed by atoms with Crippen LogP contribution in [0.4, 0.5) is 5.82 Å². The van der Waals surface area contributed by atoms with Gasteiger partial charge in [-0.05, 0) is 43.4 Å². The van der Waals surface area contributed by atoms with Crippen LogP contribution in [-0.4, -0.2) is 16.1 Å². The Hall–Kier alpha value is -1.63. The van der Waals surface area contributed by atoms with Gasteiger partial charge in [-0.1, -0.05) is 18.5 Å². The van der Waals surface area contributed by atoms with Gasteiger partial charge >= 0.3 is 0 Å². The molecule has 1 saturated carbocycles. The molecule has 0 aromatic carbocycles. The van der Waals surface area contributed by atoms with E-state index in [1.165, 1.54) is 23.4 Å². The van der Waals surface area contributed by atoms with Crippen LogP contribution in [0.5, 0.6) is 0 Å². The van der Waals surface area contributed by atoms with Crippen molar-refractivity contribution in [2.45, 2.75) is 32.4 Å². The van der Waals surface area contributed by atoms with Crippen LogP contribution < -0.4 is 16.2 Å². The van der Waals surface area contributed by atoms with Crippen LogP contribution in [0.2, 0.25) is 5.02 Å². The number of hydrazine groups is 1. The molecule has 0 bridgehead atoms. The Morgan fingerprint density at radius 3 is 3.00 bits per heavy atom. The Labute approximate surface area is 144 Å². The van der Waals surface area contributed by atoms with Gasteiger partial charge in [0.05, 0.1) is 11.1 Å². The quantitative estimate of drug-likeness (QED) is 0.772. The lowest BCUT2D eigenvalue weighted by atomic mass is 10.3. The summed E-state index contributed by atoms with van der Waals surface area (Å²) in [7, 11) is 0. The van der Waals surface area contributed by atoms with Crippen LogP contribution in [0, 0.1) is 5.92 Å². The summed E-state index contributed by atoms with van der Waals surface area (Å²) < 4.78 is 0. The monoisotopic (exact) mass is 347 g/mol. The molecule has 1 aliphatic carbocycles. The highest BCUT2D eigenvalue weighted by Gasteiger charge is 2.30. The molecule has 2 aromatic rings. The minimum Gasteiger partial charge on any atom is -0.349 e. The lowest BCUT2D eigenvalue weighted by molar-refractivity contribution is 0.599. The molecule has 7 heteroatoms. The van der Waals surface area contributed by atoms with Crippen molar-refractivity contribution >= 4 is 28.8 Å². The van der Waals surface area contributed by atoms with Crippen molar-refractivity contribution in [1.82, 2.24) is 20.8 Å². The molecular weight excluding hydrogens is 330 g/mol. The Morgan fingerprint density at radius 2 is 2.26 bits per heavy atom. The highest BCUT2D eigenvalue weighted by Crippen LogP contribution is 2.36. The summed E-state index contributed by atoms with van der Waals surface area (Å²) in [5.74, 6) is 2.04. The number of nitrogens with zero attached hydrogens (tertiary/aromatic N) is 2. The van der Waals surface area contributed by atoms with Gasteiger partial charge in [0, 0.05) is 10.6 Å². The molecule has 3 heterocycles. The third-order valence-electron chi connectivity index (χ3n) is 4.00. The lowest BCUT2D eigenvalue weighted by Gasteiger charge is -2.13. The average molecular weight is 348 g/mol. The first-order valence-corrected chi connectivity index (χ1v) is 9.04. The van der Waals surface area contributed by atoms with Gasteiger partial charge in [0.1, 0.15) is 11.2 Å². The molecule has 4 rings (SSSR count). The van der Waals surface area contributed by atoms with E-state index in [4.69, 9.17) is 11.6 Å². The SMILES string of the molecule is CCc1ccc(-c2ncc(Cl)c(NC3C=C(C4CC4)NN3)n2)s1. The summed E-state index contributed by atoms with van der Waals surface area (Å²) in [5.41, 5.74) is 7.70. The fourth-order valence-corrected chi connectivity index (χ4v) is 3.59. The van der Waals surface area contributed by atoms with E-state index in [0.29, 0.717) is 22.6 Å². The second kappa shape index (κ2) is 6.11. The molecule has 0 amide bonds. The van der Waals surface area contributed by atoms with Crippen molar-refractivity contribution in [2.75, 3.05) is 5.32 Å². The van der Waals surface area contributed by atoms with Gasteiger partial charge in [0.15, 0.2) is 11.6 Å². The number of aromatic nitrogens is 2. The number of nitrogens with one attached hydrogen (secondary N) is 3. The highest BCUT2D eigenvalue weighted by atomic mass is 35.5. The van der Waals surface area contributed by atoms with Gasteiger partial charge in [-0.15, -0.1) is 11.3 Å². The standard InChI is InChI=1S/C16H18ClN5S/c1-2-10-5-6-13(23-10)16-18-8-11(17)15(20-16)19-14-7-12(21-22-14)9-3-4-9/h5-9,14,21-22H,2-4H2,1H3,(H,18,19,20). The molecule has 1 atom stereocenters. The molecular formula is C16H18ClN5S. The minimum absolute atomic E-state index is 0.0135. The average Bonchev–Trinajstić information content (AvgIpc) is 3.11. The zero-order valence-electron chi connectivity index (χ0n) is 12.8. The first kappa shape index (κ1) is 14.9. The number of anilines is 1. The number of allylic oxidation sites excluding steroid dienone is 1. The van der Waals surface area contributed by atoms with Crippen LogP contribution in [0.3, 0.4) is 0 Å². The molecule has 2 aromatic heterocycles. The molecule has 5 nitrogen and oxygen atoms in total. The van der Waals surface area contributed by atoms with E-state index in [0.717, 1.165) is 11.3 Å². The van der Waals surface area contributed by atoms with Crippen LogP contribution in [0.15, 0.2) is 30.1 Å². The van der Waals surface area contributed by atoms with Crippen molar-refractivity contribution in [2.24, 2.45) is 5.92 Å². The largest absolute Gasteiger partial charge is 0.349 e. The third kappa shape index (κ3) is 3.20. The van der Waals surface area contributed by atoms with E-state index < -0.39 is 0 Å². The number of aryl methyl sites for hydroxylation is 1. The van der Waals surface area contributed by atoms with Crippen molar-refractivity contribution in [1.29, 1.82) is 0 Å². The van der Waals surface area contributed by atoms with Gasteiger partial charge < -0.3 is 10.7 Å². The highest BCUT2D eigenvalue weighted by molar-refractivity contribution is 7.15. The van der Waals surface area contributed by atoms with Gasteiger partial charge in [-0.25, -0.2) is 15.4 Å². The van der Waals surface area contributed by atoms with E-state index in [2.05, 4.69) is 51.3 Å². The predicted molar refractivity (Wildman–Crippen MR) is 94.2 cm³/mol. The Balaban J connectivity index is 1.55. The number of hydrogen-bond acceptors (Lipinski definition) is 6. The van der Waals surface area contributed by atoms with Crippen molar-refractivity contribution in [3.63, 3.8) is 0 Å². The minimum atomic E-state index is -0.0135. The fourth-order valence-electron chi connectivity index (χ4n) is 2.56. The molecule has 0 saturated heterocycles. The van der Waals surface area contributed by atoms with Crippen LogP contribution in [0.1, 0.15) is 24.6 Å². The zero-order chi connectivity index (χ0) is 15.8. The summed E-state index contributed by atoms with van der Waals surface area (Å²) >= 11 is 7.97. The third-order valence-corrected chi connectivity index (χ3v) is 5.50. The fraction of sp³-hybridized carbons (Fsp3) is 0.375. The molecule has 1 aliphatic heterocycles. The summed E-state index contributed by atoms with van der Waals surface area (Å²) in [4.78, 5) is 11.3. The molecule has 1 fully saturated rings. The normalized spacial score (nSPS) is 20.3. The molecule has 0 radical (unpaired) electrons. The van der Waals surface area contributed by atoms with E-state index >= 15 is 0 Å².